The van der Waals surface area contributed by atoms with E-state index in [0.717, 1.165) is 39.5 Å². The van der Waals surface area contributed by atoms with Gasteiger partial charge in [0.2, 0.25) is 0 Å². The molecule has 0 saturated heterocycles. The van der Waals surface area contributed by atoms with Gasteiger partial charge in [-0.2, -0.15) is 11.3 Å². The summed E-state index contributed by atoms with van der Waals surface area (Å²) in [5.41, 5.74) is 6.06. The van der Waals surface area contributed by atoms with E-state index in [-0.39, 0.29) is 5.78 Å². The second kappa shape index (κ2) is 7.74. The number of benzene rings is 2. The van der Waals surface area contributed by atoms with Gasteiger partial charge in [0.05, 0.1) is 11.0 Å². The van der Waals surface area contributed by atoms with Crippen molar-refractivity contribution in [3.8, 4) is 11.4 Å². The third kappa shape index (κ3) is 4.08. The summed E-state index contributed by atoms with van der Waals surface area (Å²) in [5, 5.41) is 7.81. The number of Topliss-reactive ketones (excluding diaryl/α,β-unsaturated/α-hetero) is 1. The standard InChI is InChI=1S/C26H25N3OS/c30-25(19-7-8-22-24(12-19)29-26(28-22)20-9-10-31-15-20)11-16-3-5-18(6-4-16)21-13-23(21)27-14-17-1-2-17/h3-10,12,15,17,21,23,27H,1-2,11,13-14H2,(H,28,29). The van der Waals surface area contributed by atoms with Crippen molar-refractivity contribution in [2.24, 2.45) is 5.92 Å². The molecule has 2 aromatic heterocycles. The maximum absolute atomic E-state index is 12.9. The van der Waals surface area contributed by atoms with Gasteiger partial charge in [-0.3, -0.25) is 4.79 Å². The van der Waals surface area contributed by atoms with E-state index >= 15 is 0 Å². The molecule has 2 unspecified atom stereocenters. The van der Waals surface area contributed by atoms with Crippen LogP contribution in [0.3, 0.4) is 0 Å². The summed E-state index contributed by atoms with van der Waals surface area (Å²) < 4.78 is 0. The molecular formula is C26H25N3OS. The van der Waals surface area contributed by atoms with E-state index in [9.17, 15) is 4.79 Å². The Bertz CT molecular complexity index is 1220. The molecule has 156 valence electrons. The van der Waals surface area contributed by atoms with Crippen LogP contribution >= 0.6 is 11.3 Å². The zero-order valence-electron chi connectivity index (χ0n) is 17.3. The fourth-order valence-electron chi connectivity index (χ4n) is 4.32. The highest BCUT2D eigenvalue weighted by molar-refractivity contribution is 7.08. The minimum Gasteiger partial charge on any atom is -0.338 e. The largest absolute Gasteiger partial charge is 0.338 e. The molecule has 5 heteroatoms. The number of ketones is 1. The number of thiophene rings is 1. The lowest BCUT2D eigenvalue weighted by atomic mass is 10.0. The van der Waals surface area contributed by atoms with Gasteiger partial charge >= 0.3 is 0 Å². The lowest BCUT2D eigenvalue weighted by Gasteiger charge is -2.06. The summed E-state index contributed by atoms with van der Waals surface area (Å²) >= 11 is 1.65. The van der Waals surface area contributed by atoms with Crippen LogP contribution in [0.4, 0.5) is 0 Å². The predicted octanol–water partition coefficient (Wildman–Crippen LogP) is 5.57. The molecule has 2 saturated carbocycles. The van der Waals surface area contributed by atoms with Crippen LogP contribution in [0.15, 0.2) is 59.3 Å². The highest BCUT2D eigenvalue weighted by Crippen LogP contribution is 2.41. The minimum atomic E-state index is 0.136. The number of imidazole rings is 1. The van der Waals surface area contributed by atoms with E-state index in [0.29, 0.717) is 18.4 Å². The van der Waals surface area contributed by atoms with E-state index in [1.807, 2.05) is 29.6 Å². The van der Waals surface area contributed by atoms with Crippen LogP contribution in [0.2, 0.25) is 0 Å². The second-order valence-electron chi connectivity index (χ2n) is 8.97. The molecule has 0 amide bonds. The Morgan fingerprint density at radius 3 is 2.77 bits per heavy atom. The molecule has 2 aliphatic rings. The summed E-state index contributed by atoms with van der Waals surface area (Å²) in [6.45, 7) is 1.18. The van der Waals surface area contributed by atoms with Crippen LogP contribution in [-0.4, -0.2) is 28.3 Å². The predicted molar refractivity (Wildman–Crippen MR) is 126 cm³/mol. The number of carbonyl (C=O) groups is 1. The molecule has 2 atom stereocenters. The first kappa shape index (κ1) is 19.0. The molecule has 2 heterocycles. The number of aromatic nitrogens is 2. The topological polar surface area (TPSA) is 57.8 Å². The number of nitrogens with one attached hydrogen (secondary N) is 2. The quantitative estimate of drug-likeness (QED) is 0.361. The van der Waals surface area contributed by atoms with Gasteiger partial charge in [-0.05, 0) is 72.5 Å². The van der Waals surface area contributed by atoms with E-state index < -0.39 is 0 Å². The molecular weight excluding hydrogens is 402 g/mol. The van der Waals surface area contributed by atoms with E-state index in [2.05, 4.69) is 44.9 Å². The molecule has 31 heavy (non-hydrogen) atoms. The highest BCUT2D eigenvalue weighted by Gasteiger charge is 2.38. The molecule has 2 N–H and O–H groups in total. The van der Waals surface area contributed by atoms with Gasteiger partial charge in [0.25, 0.3) is 0 Å². The van der Waals surface area contributed by atoms with Crippen LogP contribution in [0.25, 0.3) is 22.4 Å². The maximum atomic E-state index is 12.9. The van der Waals surface area contributed by atoms with Crippen molar-refractivity contribution in [1.82, 2.24) is 15.3 Å². The summed E-state index contributed by atoms with van der Waals surface area (Å²) in [6.07, 6.45) is 4.46. The Hall–Kier alpha value is -2.76. The molecule has 0 aliphatic heterocycles. The lowest BCUT2D eigenvalue weighted by Crippen LogP contribution is -2.20. The highest BCUT2D eigenvalue weighted by atomic mass is 32.1. The molecule has 0 bridgehead atoms. The van der Waals surface area contributed by atoms with E-state index in [4.69, 9.17) is 0 Å². The van der Waals surface area contributed by atoms with Gasteiger partial charge < -0.3 is 10.3 Å². The van der Waals surface area contributed by atoms with Gasteiger partial charge in [-0.15, -0.1) is 0 Å². The van der Waals surface area contributed by atoms with Crippen LogP contribution in [0.1, 0.15) is 46.7 Å². The smallest absolute Gasteiger partial charge is 0.167 e. The number of aromatic amines is 1. The number of nitrogens with zero attached hydrogens (tertiary/aromatic N) is 1. The van der Waals surface area contributed by atoms with E-state index in [1.165, 1.54) is 31.4 Å². The Kier molecular flexibility index (Phi) is 4.73. The summed E-state index contributed by atoms with van der Waals surface area (Å²) in [6, 6.07) is 17.1. The molecule has 6 rings (SSSR count). The lowest BCUT2D eigenvalue weighted by molar-refractivity contribution is 0.0993. The monoisotopic (exact) mass is 427 g/mol. The molecule has 0 spiro atoms. The van der Waals surface area contributed by atoms with Crippen LogP contribution in [-0.2, 0) is 6.42 Å². The number of H-pyrrole nitrogens is 1. The van der Waals surface area contributed by atoms with Crippen molar-refractivity contribution >= 4 is 28.2 Å². The first-order valence-corrected chi connectivity index (χ1v) is 12.0. The second-order valence-corrected chi connectivity index (χ2v) is 9.75. The van der Waals surface area contributed by atoms with Crippen LogP contribution in [0.5, 0.6) is 0 Å². The van der Waals surface area contributed by atoms with Crippen LogP contribution < -0.4 is 5.32 Å². The Labute approximate surface area is 185 Å². The SMILES string of the molecule is O=C(Cc1ccc(C2CC2NCC2CC2)cc1)c1ccc2nc(-c3ccsc3)[nH]c2c1. The van der Waals surface area contributed by atoms with Gasteiger partial charge in [-0.25, -0.2) is 4.98 Å². The first-order chi connectivity index (χ1) is 15.2. The number of fused-ring (bicyclic) bond motifs is 1. The van der Waals surface area contributed by atoms with Gasteiger partial charge in [0, 0.05) is 34.9 Å². The van der Waals surface area contributed by atoms with Crippen LogP contribution in [0, 0.1) is 5.92 Å². The van der Waals surface area contributed by atoms with Gasteiger partial charge in [0.1, 0.15) is 5.82 Å². The number of carbonyl (C=O) groups excluding carboxylic acids is 1. The molecule has 2 aromatic carbocycles. The van der Waals surface area contributed by atoms with Gasteiger partial charge in [0.15, 0.2) is 5.78 Å². The van der Waals surface area contributed by atoms with Crippen molar-refractivity contribution in [2.75, 3.05) is 6.54 Å². The maximum Gasteiger partial charge on any atom is 0.167 e. The number of rotatable bonds is 8. The molecule has 2 aliphatic carbocycles. The number of hydrogen-bond donors (Lipinski definition) is 2. The summed E-state index contributed by atoms with van der Waals surface area (Å²) in [4.78, 5) is 20.9. The van der Waals surface area contributed by atoms with Crippen molar-refractivity contribution in [3.63, 3.8) is 0 Å². The Balaban J connectivity index is 1.11. The average molecular weight is 428 g/mol. The average Bonchev–Trinajstić information content (AvgIpc) is 3.66. The van der Waals surface area contributed by atoms with Gasteiger partial charge in [-0.1, -0.05) is 24.3 Å². The number of hydrogen-bond acceptors (Lipinski definition) is 4. The van der Waals surface area contributed by atoms with Crippen molar-refractivity contribution in [2.45, 2.75) is 37.6 Å². The molecule has 4 nitrogen and oxygen atoms in total. The summed E-state index contributed by atoms with van der Waals surface area (Å²) in [7, 11) is 0. The zero-order valence-corrected chi connectivity index (χ0v) is 18.1. The first-order valence-electron chi connectivity index (χ1n) is 11.1. The van der Waals surface area contributed by atoms with Crippen molar-refractivity contribution in [1.29, 1.82) is 0 Å². The van der Waals surface area contributed by atoms with Crippen molar-refractivity contribution < 1.29 is 4.79 Å². The summed E-state index contributed by atoms with van der Waals surface area (Å²) in [5.74, 6) is 2.56. The third-order valence-corrected chi connectivity index (χ3v) is 7.21. The minimum absolute atomic E-state index is 0.136. The molecule has 0 radical (unpaired) electrons. The fraction of sp³-hybridized carbons (Fsp3) is 0.308. The molecule has 4 aromatic rings. The normalized spacial score (nSPS) is 20.3. The molecule has 2 fully saturated rings. The fourth-order valence-corrected chi connectivity index (χ4v) is 4.96. The zero-order chi connectivity index (χ0) is 20.8. The Morgan fingerprint density at radius 1 is 1.13 bits per heavy atom. The van der Waals surface area contributed by atoms with Crippen molar-refractivity contribution in [3.05, 3.63) is 76.0 Å². The third-order valence-electron chi connectivity index (χ3n) is 6.53. The Morgan fingerprint density at radius 2 is 2.00 bits per heavy atom. The van der Waals surface area contributed by atoms with E-state index in [1.54, 1.807) is 11.3 Å².